The van der Waals surface area contributed by atoms with Crippen LogP contribution in [0, 0.1) is 5.92 Å². The maximum Gasteiger partial charge on any atom is 0.223 e. The van der Waals surface area contributed by atoms with Crippen molar-refractivity contribution in [2.24, 2.45) is 11.7 Å². The fourth-order valence-electron chi connectivity index (χ4n) is 1.69. The van der Waals surface area contributed by atoms with Crippen molar-refractivity contribution in [1.82, 2.24) is 5.32 Å². The Hall–Kier alpha value is -0.870. The van der Waals surface area contributed by atoms with Gasteiger partial charge in [-0.25, -0.2) is 0 Å². The SMILES string of the molecule is CCC(Cc1ccccc1Br)C(=O)NCCN. The average molecular weight is 299 g/mol. The van der Waals surface area contributed by atoms with Crippen LogP contribution in [0.1, 0.15) is 18.9 Å². The topological polar surface area (TPSA) is 55.1 Å². The summed E-state index contributed by atoms with van der Waals surface area (Å²) < 4.78 is 1.06. The summed E-state index contributed by atoms with van der Waals surface area (Å²) in [5, 5.41) is 2.84. The highest BCUT2D eigenvalue weighted by Gasteiger charge is 2.17. The number of carbonyl (C=O) groups excluding carboxylic acids is 1. The molecule has 0 spiro atoms. The van der Waals surface area contributed by atoms with E-state index < -0.39 is 0 Å². The van der Waals surface area contributed by atoms with Gasteiger partial charge in [-0.15, -0.1) is 0 Å². The predicted octanol–water partition coefficient (Wildman–Crippen LogP) is 2.09. The molecule has 3 N–H and O–H groups in total. The van der Waals surface area contributed by atoms with E-state index in [0.717, 1.165) is 17.3 Å². The number of nitrogens with two attached hydrogens (primary N) is 1. The summed E-state index contributed by atoms with van der Waals surface area (Å²) in [6.45, 7) is 3.06. The van der Waals surface area contributed by atoms with Crippen molar-refractivity contribution in [2.45, 2.75) is 19.8 Å². The Morgan fingerprint density at radius 1 is 1.47 bits per heavy atom. The van der Waals surface area contributed by atoms with Crippen LogP contribution in [-0.2, 0) is 11.2 Å². The molecule has 1 atom stereocenters. The molecule has 0 aromatic heterocycles. The van der Waals surface area contributed by atoms with E-state index in [1.807, 2.05) is 31.2 Å². The lowest BCUT2D eigenvalue weighted by Crippen LogP contribution is -2.35. The Kier molecular flexibility index (Phi) is 6.22. The molecule has 94 valence electrons. The fourth-order valence-corrected chi connectivity index (χ4v) is 2.14. The zero-order valence-corrected chi connectivity index (χ0v) is 11.7. The molecule has 0 fully saturated rings. The van der Waals surface area contributed by atoms with Crippen molar-refractivity contribution in [2.75, 3.05) is 13.1 Å². The molecular weight excluding hydrogens is 280 g/mol. The van der Waals surface area contributed by atoms with Crippen LogP contribution in [0.25, 0.3) is 0 Å². The van der Waals surface area contributed by atoms with Gasteiger partial charge in [0.2, 0.25) is 5.91 Å². The number of amides is 1. The molecule has 0 saturated carbocycles. The second kappa shape index (κ2) is 7.45. The summed E-state index contributed by atoms with van der Waals surface area (Å²) in [7, 11) is 0. The Labute approximate surface area is 111 Å². The lowest BCUT2D eigenvalue weighted by Gasteiger charge is -2.15. The van der Waals surface area contributed by atoms with Crippen LogP contribution in [0.3, 0.4) is 0 Å². The minimum absolute atomic E-state index is 0.0141. The quantitative estimate of drug-likeness (QED) is 0.845. The van der Waals surface area contributed by atoms with Crippen LogP contribution < -0.4 is 11.1 Å². The third-order valence-electron chi connectivity index (χ3n) is 2.73. The first-order valence-electron chi connectivity index (χ1n) is 5.90. The van der Waals surface area contributed by atoms with Crippen LogP contribution in [0.4, 0.5) is 0 Å². The summed E-state index contributed by atoms with van der Waals surface area (Å²) in [6, 6.07) is 8.01. The van der Waals surface area contributed by atoms with Gasteiger partial charge >= 0.3 is 0 Å². The molecule has 0 aliphatic rings. The summed E-state index contributed by atoms with van der Waals surface area (Å²) in [5.41, 5.74) is 6.54. The molecule has 0 aliphatic heterocycles. The van der Waals surface area contributed by atoms with E-state index in [2.05, 4.69) is 21.2 Å². The van der Waals surface area contributed by atoms with Gasteiger partial charge in [0.15, 0.2) is 0 Å². The molecule has 0 saturated heterocycles. The molecule has 17 heavy (non-hydrogen) atoms. The fraction of sp³-hybridized carbons (Fsp3) is 0.462. The highest BCUT2D eigenvalue weighted by atomic mass is 79.9. The Morgan fingerprint density at radius 2 is 2.18 bits per heavy atom. The second-order valence-corrected chi connectivity index (χ2v) is 4.83. The molecule has 1 aromatic carbocycles. The molecule has 1 rings (SSSR count). The molecule has 0 heterocycles. The molecule has 0 radical (unpaired) electrons. The Balaban J connectivity index is 2.63. The van der Waals surface area contributed by atoms with Crippen LogP contribution in [0.5, 0.6) is 0 Å². The number of halogens is 1. The van der Waals surface area contributed by atoms with Crippen LogP contribution >= 0.6 is 15.9 Å². The number of carbonyl (C=O) groups is 1. The van der Waals surface area contributed by atoms with Gasteiger partial charge in [0, 0.05) is 23.5 Å². The first-order chi connectivity index (χ1) is 8.19. The third kappa shape index (κ3) is 4.48. The van der Waals surface area contributed by atoms with E-state index in [-0.39, 0.29) is 11.8 Å². The zero-order chi connectivity index (χ0) is 12.7. The monoisotopic (exact) mass is 298 g/mol. The lowest BCUT2D eigenvalue weighted by atomic mass is 9.96. The zero-order valence-electron chi connectivity index (χ0n) is 10.1. The van der Waals surface area contributed by atoms with Gasteiger partial charge in [0.25, 0.3) is 0 Å². The maximum absolute atomic E-state index is 11.9. The highest BCUT2D eigenvalue weighted by molar-refractivity contribution is 9.10. The Bertz CT molecular complexity index is 368. The predicted molar refractivity (Wildman–Crippen MR) is 73.7 cm³/mol. The van der Waals surface area contributed by atoms with E-state index in [1.54, 1.807) is 0 Å². The van der Waals surface area contributed by atoms with Gasteiger partial charge in [0.1, 0.15) is 0 Å². The summed E-state index contributed by atoms with van der Waals surface area (Å²) >= 11 is 3.50. The van der Waals surface area contributed by atoms with E-state index in [9.17, 15) is 4.79 Å². The molecule has 0 aliphatic carbocycles. The minimum atomic E-state index is 0.0141. The van der Waals surface area contributed by atoms with Gasteiger partial charge in [-0.05, 0) is 24.5 Å². The van der Waals surface area contributed by atoms with Crippen molar-refractivity contribution in [1.29, 1.82) is 0 Å². The first-order valence-corrected chi connectivity index (χ1v) is 6.69. The van der Waals surface area contributed by atoms with Gasteiger partial charge in [-0.3, -0.25) is 4.79 Å². The minimum Gasteiger partial charge on any atom is -0.355 e. The molecule has 3 nitrogen and oxygen atoms in total. The largest absolute Gasteiger partial charge is 0.355 e. The van der Waals surface area contributed by atoms with Crippen molar-refractivity contribution in [3.63, 3.8) is 0 Å². The molecule has 4 heteroatoms. The summed E-state index contributed by atoms with van der Waals surface area (Å²) in [4.78, 5) is 11.9. The van der Waals surface area contributed by atoms with Crippen molar-refractivity contribution in [3.8, 4) is 0 Å². The van der Waals surface area contributed by atoms with Gasteiger partial charge < -0.3 is 11.1 Å². The maximum atomic E-state index is 11.9. The van der Waals surface area contributed by atoms with Gasteiger partial charge in [-0.2, -0.15) is 0 Å². The van der Waals surface area contributed by atoms with Crippen molar-refractivity contribution >= 4 is 21.8 Å². The van der Waals surface area contributed by atoms with E-state index >= 15 is 0 Å². The third-order valence-corrected chi connectivity index (χ3v) is 3.50. The van der Waals surface area contributed by atoms with E-state index in [1.165, 1.54) is 5.56 Å². The van der Waals surface area contributed by atoms with Gasteiger partial charge in [-0.1, -0.05) is 41.1 Å². The van der Waals surface area contributed by atoms with Gasteiger partial charge in [0.05, 0.1) is 0 Å². The number of benzene rings is 1. The standard InChI is InChI=1S/C13H19BrN2O/c1-2-10(13(17)16-8-7-15)9-11-5-3-4-6-12(11)14/h3-6,10H,2,7-9,15H2,1H3,(H,16,17). The van der Waals surface area contributed by atoms with E-state index in [4.69, 9.17) is 5.73 Å². The molecule has 1 unspecified atom stereocenters. The summed E-state index contributed by atoms with van der Waals surface area (Å²) in [5.74, 6) is 0.106. The number of nitrogens with one attached hydrogen (secondary N) is 1. The lowest BCUT2D eigenvalue weighted by molar-refractivity contribution is -0.125. The first kappa shape index (κ1) is 14.2. The Morgan fingerprint density at radius 3 is 2.76 bits per heavy atom. The van der Waals surface area contributed by atoms with Crippen LogP contribution in [-0.4, -0.2) is 19.0 Å². The number of hydrogen-bond acceptors (Lipinski definition) is 2. The number of hydrogen-bond donors (Lipinski definition) is 2. The molecule has 0 bridgehead atoms. The van der Waals surface area contributed by atoms with Crippen LogP contribution in [0.15, 0.2) is 28.7 Å². The molecule has 1 aromatic rings. The summed E-state index contributed by atoms with van der Waals surface area (Å²) in [6.07, 6.45) is 1.59. The smallest absolute Gasteiger partial charge is 0.223 e. The van der Waals surface area contributed by atoms with Crippen LogP contribution in [0.2, 0.25) is 0 Å². The van der Waals surface area contributed by atoms with Crippen molar-refractivity contribution in [3.05, 3.63) is 34.3 Å². The normalized spacial score (nSPS) is 12.2. The number of rotatable bonds is 6. The second-order valence-electron chi connectivity index (χ2n) is 3.98. The highest BCUT2D eigenvalue weighted by Crippen LogP contribution is 2.20. The molecular formula is C13H19BrN2O. The van der Waals surface area contributed by atoms with E-state index in [0.29, 0.717) is 13.1 Å². The van der Waals surface area contributed by atoms with Crippen molar-refractivity contribution < 1.29 is 4.79 Å². The molecule has 1 amide bonds. The average Bonchev–Trinajstić information content (AvgIpc) is 2.35.